The molecule has 4 nitrogen and oxygen atoms in total. The van der Waals surface area contributed by atoms with Gasteiger partial charge in [-0.1, -0.05) is 58.3 Å². The number of Topliss-reactive ketones (excluding diaryl/α,β-unsaturated/α-hetero) is 1. The van der Waals surface area contributed by atoms with Crippen LogP contribution in [0.25, 0.3) is 0 Å². The second-order valence-electron chi connectivity index (χ2n) is 8.62. The minimum absolute atomic E-state index is 0.197. The summed E-state index contributed by atoms with van der Waals surface area (Å²) in [6.07, 6.45) is 11.9. The normalized spacial score (nSPS) is 11.5. The molecule has 1 rings (SSSR count). The van der Waals surface area contributed by atoms with E-state index in [-0.39, 0.29) is 5.78 Å². The third kappa shape index (κ3) is 9.70. The first-order valence-electron chi connectivity index (χ1n) is 11.0. The Balaban J connectivity index is 2.56. The highest BCUT2D eigenvalue weighted by Crippen LogP contribution is 2.27. The van der Waals surface area contributed by atoms with Crippen LogP contribution >= 0.6 is 0 Å². The number of rotatable bonds is 15. The fourth-order valence-electron chi connectivity index (χ4n) is 3.58. The second kappa shape index (κ2) is 13.7. The highest BCUT2D eigenvalue weighted by Gasteiger charge is 2.15. The van der Waals surface area contributed by atoms with Gasteiger partial charge in [0.15, 0.2) is 5.78 Å². The van der Waals surface area contributed by atoms with E-state index in [0.717, 1.165) is 29.5 Å². The number of carbonyl (C=O) groups excluding carboxylic acids is 1. The predicted octanol–water partition coefficient (Wildman–Crippen LogP) is 5.62. The van der Waals surface area contributed by atoms with E-state index in [9.17, 15) is 9.90 Å². The Bertz CT molecular complexity index is 551. The van der Waals surface area contributed by atoms with Crippen molar-refractivity contribution in [2.24, 2.45) is 0 Å². The van der Waals surface area contributed by atoms with Gasteiger partial charge < -0.3 is 14.9 Å². The van der Waals surface area contributed by atoms with E-state index in [2.05, 4.69) is 6.92 Å². The molecule has 0 spiro atoms. The molecule has 0 aliphatic rings. The van der Waals surface area contributed by atoms with Gasteiger partial charge in [-0.3, -0.25) is 4.79 Å². The van der Waals surface area contributed by atoms with Crippen molar-refractivity contribution in [2.45, 2.75) is 84.2 Å². The van der Waals surface area contributed by atoms with Crippen LogP contribution < -0.4 is 0 Å². The maximum absolute atomic E-state index is 12.7. The highest BCUT2D eigenvalue weighted by molar-refractivity contribution is 5.96. The number of hydrogen-bond donors (Lipinski definition) is 1. The number of nitrogens with zero attached hydrogens (tertiary/aromatic N) is 2. The van der Waals surface area contributed by atoms with Crippen LogP contribution in [0, 0.1) is 0 Å². The Morgan fingerprint density at radius 2 is 1.21 bits per heavy atom. The number of phenolic OH excluding ortho intramolecular Hbond substituents is 1. The van der Waals surface area contributed by atoms with Crippen molar-refractivity contribution in [3.63, 3.8) is 0 Å². The second-order valence-corrected chi connectivity index (χ2v) is 8.62. The molecule has 0 saturated heterocycles. The topological polar surface area (TPSA) is 43.8 Å². The lowest BCUT2D eigenvalue weighted by Crippen LogP contribution is -2.15. The first-order chi connectivity index (χ1) is 13.3. The molecule has 0 aliphatic heterocycles. The van der Waals surface area contributed by atoms with Crippen molar-refractivity contribution in [2.75, 3.05) is 28.2 Å². The average molecular weight is 391 g/mol. The monoisotopic (exact) mass is 390 g/mol. The molecule has 0 fully saturated rings. The summed E-state index contributed by atoms with van der Waals surface area (Å²) >= 11 is 0. The van der Waals surface area contributed by atoms with Gasteiger partial charge in [-0.15, -0.1) is 0 Å². The number of hydrogen-bond acceptors (Lipinski definition) is 4. The Kier molecular flexibility index (Phi) is 12.1. The molecule has 0 bridgehead atoms. The van der Waals surface area contributed by atoms with E-state index < -0.39 is 0 Å². The molecule has 0 aliphatic carbocycles. The standard InChI is InChI=1S/C24H42N2O2/c1-6-7-8-9-10-11-12-13-14-15-23(27)20-16-21(18-25(2)3)24(28)22(17-20)19-26(4)5/h16-17,28H,6-15,18-19H2,1-5H3. The van der Waals surface area contributed by atoms with Gasteiger partial charge >= 0.3 is 0 Å². The Labute approximate surface area is 172 Å². The van der Waals surface area contributed by atoms with Crippen molar-refractivity contribution >= 4 is 5.78 Å². The summed E-state index contributed by atoms with van der Waals surface area (Å²) < 4.78 is 0. The van der Waals surface area contributed by atoms with Gasteiger partial charge in [-0.25, -0.2) is 0 Å². The van der Waals surface area contributed by atoms with Gasteiger partial charge in [0.25, 0.3) is 0 Å². The fraction of sp³-hybridized carbons (Fsp3) is 0.708. The van der Waals surface area contributed by atoms with Crippen LogP contribution in [-0.2, 0) is 13.1 Å². The Morgan fingerprint density at radius 1 is 0.786 bits per heavy atom. The molecule has 0 unspecified atom stereocenters. The third-order valence-electron chi connectivity index (χ3n) is 5.07. The molecule has 0 aromatic heterocycles. The van der Waals surface area contributed by atoms with Crippen LogP contribution in [0.4, 0.5) is 0 Å². The molecular formula is C24H42N2O2. The zero-order chi connectivity index (χ0) is 20.9. The molecule has 1 aromatic rings. The lowest BCUT2D eigenvalue weighted by molar-refractivity contribution is 0.0978. The predicted molar refractivity (Wildman–Crippen MR) is 119 cm³/mol. The van der Waals surface area contributed by atoms with Crippen LogP contribution in [-0.4, -0.2) is 48.9 Å². The zero-order valence-electron chi connectivity index (χ0n) is 18.9. The Hall–Kier alpha value is -1.39. The van der Waals surface area contributed by atoms with Crippen LogP contribution in [0.1, 0.15) is 92.6 Å². The largest absolute Gasteiger partial charge is 0.507 e. The van der Waals surface area contributed by atoms with Gasteiger partial charge in [-0.05, 0) is 46.7 Å². The molecule has 160 valence electrons. The van der Waals surface area contributed by atoms with Crippen molar-refractivity contribution < 1.29 is 9.90 Å². The third-order valence-corrected chi connectivity index (χ3v) is 5.07. The van der Waals surface area contributed by atoms with E-state index in [1.54, 1.807) is 0 Å². The van der Waals surface area contributed by atoms with E-state index >= 15 is 0 Å². The molecule has 0 saturated carbocycles. The average Bonchev–Trinajstić information content (AvgIpc) is 2.62. The van der Waals surface area contributed by atoms with Gasteiger partial charge in [0.05, 0.1) is 0 Å². The maximum Gasteiger partial charge on any atom is 0.162 e. The SMILES string of the molecule is CCCCCCCCCCCC(=O)c1cc(CN(C)C)c(O)c(CN(C)C)c1. The van der Waals surface area contributed by atoms with Crippen LogP contribution in [0.5, 0.6) is 5.75 Å². The highest BCUT2D eigenvalue weighted by atomic mass is 16.3. The van der Waals surface area contributed by atoms with Crippen molar-refractivity contribution in [1.82, 2.24) is 9.80 Å². The number of carbonyl (C=O) groups is 1. The number of unbranched alkanes of at least 4 members (excludes halogenated alkanes) is 8. The van der Waals surface area contributed by atoms with Crippen LogP contribution in [0.15, 0.2) is 12.1 Å². The molecule has 0 amide bonds. The van der Waals surface area contributed by atoms with Gasteiger partial charge in [0.2, 0.25) is 0 Å². The molecule has 0 heterocycles. The summed E-state index contributed by atoms with van der Waals surface area (Å²) in [6.45, 7) is 3.51. The maximum atomic E-state index is 12.7. The minimum atomic E-state index is 0.197. The number of phenols is 1. The van der Waals surface area contributed by atoms with Crippen molar-refractivity contribution in [3.05, 3.63) is 28.8 Å². The number of aromatic hydroxyl groups is 1. The van der Waals surface area contributed by atoms with E-state index in [1.807, 2.05) is 50.1 Å². The molecular weight excluding hydrogens is 348 g/mol. The summed E-state index contributed by atoms with van der Waals surface area (Å²) in [5, 5.41) is 10.6. The van der Waals surface area contributed by atoms with Crippen LogP contribution in [0.2, 0.25) is 0 Å². The number of benzene rings is 1. The molecule has 4 heteroatoms. The lowest BCUT2D eigenvalue weighted by atomic mass is 9.97. The van der Waals surface area contributed by atoms with E-state index in [1.165, 1.54) is 44.9 Å². The molecule has 0 radical (unpaired) electrons. The summed E-state index contributed by atoms with van der Waals surface area (Å²) in [7, 11) is 7.90. The summed E-state index contributed by atoms with van der Waals surface area (Å²) in [6, 6.07) is 3.76. The minimum Gasteiger partial charge on any atom is -0.507 e. The van der Waals surface area contributed by atoms with E-state index in [0.29, 0.717) is 25.3 Å². The molecule has 28 heavy (non-hydrogen) atoms. The summed E-state index contributed by atoms with van der Waals surface area (Å²) in [5.74, 6) is 0.519. The van der Waals surface area contributed by atoms with Gasteiger partial charge in [-0.2, -0.15) is 0 Å². The number of ketones is 1. The van der Waals surface area contributed by atoms with Gasteiger partial charge in [0.1, 0.15) is 5.75 Å². The van der Waals surface area contributed by atoms with Crippen molar-refractivity contribution in [1.29, 1.82) is 0 Å². The smallest absolute Gasteiger partial charge is 0.162 e. The molecule has 0 atom stereocenters. The first kappa shape index (κ1) is 24.6. The fourth-order valence-corrected chi connectivity index (χ4v) is 3.58. The van der Waals surface area contributed by atoms with Crippen LogP contribution in [0.3, 0.4) is 0 Å². The summed E-state index contributed by atoms with van der Waals surface area (Å²) in [5.41, 5.74) is 2.41. The first-order valence-corrected chi connectivity index (χ1v) is 11.0. The lowest BCUT2D eigenvalue weighted by Gasteiger charge is -2.18. The zero-order valence-corrected chi connectivity index (χ0v) is 18.9. The van der Waals surface area contributed by atoms with Crippen molar-refractivity contribution in [3.8, 4) is 5.75 Å². The Morgan fingerprint density at radius 3 is 1.64 bits per heavy atom. The molecule has 1 aromatic carbocycles. The van der Waals surface area contributed by atoms with Gasteiger partial charge in [0, 0.05) is 36.2 Å². The molecule has 1 N–H and O–H groups in total. The summed E-state index contributed by atoms with van der Waals surface area (Å²) in [4.78, 5) is 16.8. The van der Waals surface area contributed by atoms with E-state index in [4.69, 9.17) is 0 Å². The quantitative estimate of drug-likeness (QED) is 0.312.